The van der Waals surface area contributed by atoms with Gasteiger partial charge in [-0.1, -0.05) is 65.2 Å². The Bertz CT molecular complexity index is 1430. The molecular weight excluding hydrogens is 756 g/mol. The Labute approximate surface area is 342 Å². The van der Waals surface area contributed by atoms with Gasteiger partial charge in [-0.2, -0.15) is 0 Å². The molecule has 4 heterocycles. The van der Waals surface area contributed by atoms with E-state index in [1.807, 2.05) is 0 Å². The van der Waals surface area contributed by atoms with Crippen molar-refractivity contribution in [1.29, 1.82) is 0 Å². The van der Waals surface area contributed by atoms with Crippen LogP contribution in [-0.2, 0) is 57.1 Å². The maximum Gasteiger partial charge on any atom is 0.330 e. The van der Waals surface area contributed by atoms with Crippen LogP contribution in [0.5, 0.6) is 0 Å². The summed E-state index contributed by atoms with van der Waals surface area (Å²) in [6.45, 7) is 8.47. The van der Waals surface area contributed by atoms with E-state index in [-0.39, 0.29) is 62.9 Å². The first-order valence-electron chi connectivity index (χ1n) is 21.0. The lowest BCUT2D eigenvalue weighted by molar-refractivity contribution is -0.327. The van der Waals surface area contributed by atoms with Crippen LogP contribution in [0.4, 0.5) is 0 Å². The first kappa shape index (κ1) is 47.5. The molecule has 10 atom stereocenters. The van der Waals surface area contributed by atoms with Gasteiger partial charge in [-0.15, -0.1) is 0 Å². The molecule has 6 bridgehead atoms. The van der Waals surface area contributed by atoms with Crippen LogP contribution in [0.2, 0.25) is 0 Å². The van der Waals surface area contributed by atoms with Gasteiger partial charge in [-0.05, 0) is 43.8 Å². The second kappa shape index (κ2) is 23.0. The lowest BCUT2D eigenvalue weighted by Gasteiger charge is -2.51. The van der Waals surface area contributed by atoms with Crippen LogP contribution in [-0.4, -0.2) is 120 Å². The van der Waals surface area contributed by atoms with Crippen LogP contribution in [0.25, 0.3) is 0 Å². The van der Waals surface area contributed by atoms with Gasteiger partial charge >= 0.3 is 23.9 Å². The molecule has 4 rings (SSSR count). The van der Waals surface area contributed by atoms with Crippen LogP contribution >= 0.6 is 0 Å². The number of unbranched alkanes of at least 4 members (excludes halogenated alkanes) is 4. The molecule has 0 amide bonds. The molecule has 3 fully saturated rings. The number of esters is 4. The lowest BCUT2D eigenvalue weighted by Crippen LogP contribution is -2.62. The lowest BCUT2D eigenvalue weighted by atomic mass is 9.74. The zero-order valence-corrected chi connectivity index (χ0v) is 34.7. The maximum absolute atomic E-state index is 13.4. The molecule has 3 saturated heterocycles. The summed E-state index contributed by atoms with van der Waals surface area (Å²) in [5.41, 5.74) is -1.22. The van der Waals surface area contributed by atoms with Crippen molar-refractivity contribution in [3.8, 4) is 0 Å². The van der Waals surface area contributed by atoms with Crippen LogP contribution in [0.1, 0.15) is 124 Å². The molecule has 0 saturated carbocycles. The van der Waals surface area contributed by atoms with Crippen LogP contribution < -0.4 is 0 Å². The predicted octanol–water partition coefficient (Wildman–Crippen LogP) is 4.81. The van der Waals surface area contributed by atoms with Gasteiger partial charge in [0.25, 0.3) is 0 Å². The average molecular weight is 823 g/mol. The van der Waals surface area contributed by atoms with Crippen molar-refractivity contribution in [3.05, 3.63) is 36.5 Å². The average Bonchev–Trinajstić information content (AvgIpc) is 3.16. The van der Waals surface area contributed by atoms with Crippen molar-refractivity contribution >= 4 is 23.9 Å². The molecular formula is C43H66O15. The van der Waals surface area contributed by atoms with Gasteiger partial charge in [-0.3, -0.25) is 14.4 Å². The number of methoxy groups -OCH3 is 1. The Balaban J connectivity index is 1.74. The van der Waals surface area contributed by atoms with E-state index < -0.39 is 84.6 Å². The summed E-state index contributed by atoms with van der Waals surface area (Å²) in [4.78, 5) is 52.0. The third kappa shape index (κ3) is 14.2. The number of carbonyl (C=O) groups excluding carboxylic acids is 4. The van der Waals surface area contributed by atoms with E-state index in [1.165, 1.54) is 13.2 Å². The Hall–Kier alpha value is -3.18. The molecule has 0 aromatic heterocycles. The van der Waals surface area contributed by atoms with Crippen molar-refractivity contribution in [2.24, 2.45) is 5.41 Å². The molecule has 15 heteroatoms. The van der Waals surface area contributed by atoms with Crippen molar-refractivity contribution in [1.82, 2.24) is 0 Å². The van der Waals surface area contributed by atoms with Gasteiger partial charge in [0.15, 0.2) is 12.4 Å². The number of aliphatic hydroxyl groups excluding tert-OH is 2. The Morgan fingerprint density at radius 2 is 1.66 bits per heavy atom. The Kier molecular flexibility index (Phi) is 18.8. The third-order valence-electron chi connectivity index (χ3n) is 11.2. The molecule has 3 N–H and O–H groups in total. The van der Waals surface area contributed by atoms with Crippen molar-refractivity contribution < 1.29 is 72.4 Å². The van der Waals surface area contributed by atoms with E-state index in [4.69, 9.17) is 37.9 Å². The zero-order chi connectivity index (χ0) is 42.3. The Morgan fingerprint density at radius 3 is 2.36 bits per heavy atom. The maximum atomic E-state index is 13.4. The summed E-state index contributed by atoms with van der Waals surface area (Å²) in [7, 11) is 1.20. The number of hydrogen-bond acceptors (Lipinski definition) is 15. The minimum absolute atomic E-state index is 0.0449. The minimum Gasteiger partial charge on any atom is -0.466 e. The van der Waals surface area contributed by atoms with Gasteiger partial charge in [0.05, 0.1) is 63.2 Å². The highest BCUT2D eigenvalue weighted by molar-refractivity contribution is 5.83. The summed E-state index contributed by atoms with van der Waals surface area (Å²) in [6, 6.07) is 0. The van der Waals surface area contributed by atoms with E-state index >= 15 is 0 Å². The summed E-state index contributed by atoms with van der Waals surface area (Å²) in [5.74, 6) is -4.90. The molecule has 0 aliphatic carbocycles. The monoisotopic (exact) mass is 822 g/mol. The molecule has 0 spiro atoms. The summed E-state index contributed by atoms with van der Waals surface area (Å²) in [5, 5.41) is 34.0. The molecule has 0 radical (unpaired) electrons. The number of rotatable bonds is 13. The second-order valence-electron chi connectivity index (χ2n) is 16.5. The fraction of sp³-hybridized carbons (Fsp3) is 0.767. The van der Waals surface area contributed by atoms with Gasteiger partial charge in [-0.25, -0.2) is 4.79 Å². The summed E-state index contributed by atoms with van der Waals surface area (Å²) in [6.07, 6.45) is 5.95. The first-order chi connectivity index (χ1) is 27.7. The minimum atomic E-state index is -2.35. The van der Waals surface area contributed by atoms with Gasteiger partial charge in [0, 0.05) is 43.6 Å². The van der Waals surface area contributed by atoms with E-state index in [9.17, 15) is 34.5 Å². The predicted molar refractivity (Wildman–Crippen MR) is 209 cm³/mol. The van der Waals surface area contributed by atoms with Gasteiger partial charge in [0.2, 0.25) is 5.79 Å². The van der Waals surface area contributed by atoms with E-state index in [1.54, 1.807) is 26.0 Å². The second-order valence-corrected chi connectivity index (χ2v) is 16.5. The Morgan fingerprint density at radius 1 is 0.931 bits per heavy atom. The first-order valence-corrected chi connectivity index (χ1v) is 21.0. The van der Waals surface area contributed by atoms with Crippen LogP contribution in [0.15, 0.2) is 36.5 Å². The number of hydrogen-bond donors (Lipinski definition) is 3. The molecule has 58 heavy (non-hydrogen) atoms. The topological polar surface area (TPSA) is 203 Å². The number of fused-ring (bicyclic) bond motifs is 6. The zero-order valence-electron chi connectivity index (χ0n) is 34.7. The number of carbonyl (C=O) groups is 4. The highest BCUT2D eigenvalue weighted by Crippen LogP contribution is 2.47. The van der Waals surface area contributed by atoms with Crippen LogP contribution in [0.3, 0.4) is 0 Å². The third-order valence-corrected chi connectivity index (χ3v) is 11.2. The SMILES string of the molecule is C=CCOC(=O)CC1C[C@H]2C[C@H]3CCC[C@@H](C[C@@H](O)CC(=O)O[C@@H](CO)C[C@@H]4C/C(=C\C(=O)OC)[C@H](OC(=O)CCCCCCC)[C@@](O)(O4)C(C)(C)/C=C/[C@@H](O1)O2)O3. The molecule has 0 aromatic rings. The normalized spacial score (nSPS) is 34.5. The number of ether oxygens (including phenoxy) is 8. The molecule has 0 aromatic carbocycles. The summed E-state index contributed by atoms with van der Waals surface area (Å²) < 4.78 is 47.3. The van der Waals surface area contributed by atoms with E-state index in [0.29, 0.717) is 25.7 Å². The standard InChI is InChI=1S/C43H66O15/c1-6-8-9-10-11-15-36(46)57-41-28(20-37(47)51-5)19-34-25-35(27-44)54-39(49)22-29(45)21-30-13-12-14-31(53-30)23-32-24-33(26-38(48)52-18-7-2)56-40(55-32)16-17-42(3,4)43(41,50)58-34/h7,16-17,20,29-35,40-41,44-45,50H,2,6,8-15,18-19,21-27H2,1,3-5H3/b17-16+,28-20+/t29-,30+,31-,32-,33?,34+,35-,40-,41+,43-/m1/s1. The largest absolute Gasteiger partial charge is 0.466 e. The number of aliphatic hydroxyl groups is 3. The van der Waals surface area contributed by atoms with Crippen molar-refractivity contribution in [2.45, 2.75) is 184 Å². The van der Waals surface area contributed by atoms with E-state index in [2.05, 4.69) is 13.5 Å². The van der Waals surface area contributed by atoms with Crippen molar-refractivity contribution in [2.75, 3.05) is 20.3 Å². The highest BCUT2D eigenvalue weighted by Gasteiger charge is 2.57. The molecule has 15 nitrogen and oxygen atoms in total. The van der Waals surface area contributed by atoms with E-state index in [0.717, 1.165) is 44.6 Å². The quantitative estimate of drug-likeness (QED) is 0.0750. The highest BCUT2D eigenvalue weighted by atomic mass is 16.7. The fourth-order valence-corrected chi connectivity index (χ4v) is 8.08. The summed E-state index contributed by atoms with van der Waals surface area (Å²) >= 11 is 0. The fourth-order valence-electron chi connectivity index (χ4n) is 8.08. The van der Waals surface area contributed by atoms with Crippen LogP contribution in [0, 0.1) is 5.41 Å². The van der Waals surface area contributed by atoms with Gasteiger partial charge < -0.3 is 53.2 Å². The molecule has 1 unspecified atom stereocenters. The number of cyclic esters (lactones) is 1. The molecule has 4 aliphatic rings. The smallest absolute Gasteiger partial charge is 0.330 e. The molecule has 4 aliphatic heterocycles. The van der Waals surface area contributed by atoms with Gasteiger partial charge in [0.1, 0.15) is 12.7 Å². The van der Waals surface area contributed by atoms with Crippen molar-refractivity contribution in [3.63, 3.8) is 0 Å². The molecule has 328 valence electrons.